The third kappa shape index (κ3) is 3.04. The van der Waals surface area contributed by atoms with Crippen molar-refractivity contribution in [1.29, 1.82) is 0 Å². The molecule has 0 fully saturated rings. The van der Waals surface area contributed by atoms with Gasteiger partial charge in [-0.3, -0.25) is 9.78 Å². The second kappa shape index (κ2) is 5.59. The van der Waals surface area contributed by atoms with Gasteiger partial charge in [0.2, 0.25) is 0 Å². The Balaban J connectivity index is 1.87. The summed E-state index contributed by atoms with van der Waals surface area (Å²) in [6.45, 7) is 2.50. The Morgan fingerprint density at radius 1 is 1.56 bits per heavy atom. The standard InChI is InChI=1S/C12H14N4OS/c1-8-16-9(7-18-8)2-5-15-12(17)10-6-14-4-3-11(10)13/h3-4,6-7H,2,5H2,1H3,(H2,13,14)(H,15,17). The maximum atomic E-state index is 11.8. The number of rotatable bonds is 4. The number of aromatic nitrogens is 2. The molecule has 1 amide bonds. The Bertz CT molecular complexity index is 553. The number of carbonyl (C=O) groups excluding carboxylic acids is 1. The number of nitrogen functional groups attached to an aromatic ring is 1. The van der Waals surface area contributed by atoms with E-state index in [1.807, 2.05) is 12.3 Å². The van der Waals surface area contributed by atoms with Gasteiger partial charge < -0.3 is 11.1 Å². The number of carbonyl (C=O) groups is 1. The molecule has 5 nitrogen and oxygen atoms in total. The van der Waals surface area contributed by atoms with Gasteiger partial charge in [-0.25, -0.2) is 4.98 Å². The topological polar surface area (TPSA) is 80.9 Å². The number of nitrogens with two attached hydrogens (primary N) is 1. The van der Waals surface area contributed by atoms with Crippen molar-refractivity contribution in [2.75, 3.05) is 12.3 Å². The molecular weight excluding hydrogens is 248 g/mol. The number of nitrogens with one attached hydrogen (secondary N) is 1. The first kappa shape index (κ1) is 12.5. The molecule has 2 rings (SSSR count). The molecule has 0 saturated heterocycles. The molecule has 0 aliphatic rings. The molecule has 2 heterocycles. The minimum atomic E-state index is -0.201. The third-order valence-corrected chi connectivity index (χ3v) is 3.26. The molecule has 0 unspecified atom stereocenters. The van der Waals surface area contributed by atoms with Crippen LogP contribution in [0.3, 0.4) is 0 Å². The van der Waals surface area contributed by atoms with Crippen LogP contribution in [0.5, 0.6) is 0 Å². The summed E-state index contributed by atoms with van der Waals surface area (Å²) in [5.74, 6) is -0.201. The molecule has 3 N–H and O–H groups in total. The molecule has 2 aromatic rings. The Hall–Kier alpha value is -1.95. The van der Waals surface area contributed by atoms with Crippen LogP contribution in [0.4, 0.5) is 5.69 Å². The molecule has 18 heavy (non-hydrogen) atoms. The van der Waals surface area contributed by atoms with Crippen molar-refractivity contribution in [1.82, 2.24) is 15.3 Å². The number of anilines is 1. The number of thiazole rings is 1. The van der Waals surface area contributed by atoms with Gasteiger partial charge in [0.1, 0.15) is 0 Å². The van der Waals surface area contributed by atoms with Crippen LogP contribution < -0.4 is 11.1 Å². The van der Waals surface area contributed by atoms with Gasteiger partial charge in [-0.05, 0) is 13.0 Å². The van der Waals surface area contributed by atoms with Gasteiger partial charge in [-0.15, -0.1) is 11.3 Å². The summed E-state index contributed by atoms with van der Waals surface area (Å²) in [7, 11) is 0. The number of hydrogen-bond acceptors (Lipinski definition) is 5. The van der Waals surface area contributed by atoms with E-state index >= 15 is 0 Å². The van der Waals surface area contributed by atoms with E-state index in [0.29, 0.717) is 17.8 Å². The van der Waals surface area contributed by atoms with E-state index in [2.05, 4.69) is 15.3 Å². The quantitative estimate of drug-likeness (QED) is 0.872. The molecule has 0 aliphatic carbocycles. The first-order chi connectivity index (χ1) is 8.66. The summed E-state index contributed by atoms with van der Waals surface area (Å²) in [5, 5.41) is 5.84. The van der Waals surface area contributed by atoms with Crippen molar-refractivity contribution in [3.05, 3.63) is 40.1 Å². The van der Waals surface area contributed by atoms with E-state index in [1.165, 1.54) is 6.20 Å². The van der Waals surface area contributed by atoms with Crippen LogP contribution in [0.25, 0.3) is 0 Å². The fourth-order valence-corrected chi connectivity index (χ4v) is 2.16. The summed E-state index contributed by atoms with van der Waals surface area (Å²) >= 11 is 1.61. The Morgan fingerprint density at radius 2 is 2.39 bits per heavy atom. The number of pyridine rings is 1. The lowest BCUT2D eigenvalue weighted by Crippen LogP contribution is -2.26. The van der Waals surface area contributed by atoms with Crippen molar-refractivity contribution in [2.24, 2.45) is 0 Å². The smallest absolute Gasteiger partial charge is 0.254 e. The van der Waals surface area contributed by atoms with Gasteiger partial charge in [0.05, 0.1) is 16.3 Å². The van der Waals surface area contributed by atoms with Gasteiger partial charge in [-0.2, -0.15) is 0 Å². The van der Waals surface area contributed by atoms with Gasteiger partial charge in [0.15, 0.2) is 0 Å². The monoisotopic (exact) mass is 262 g/mol. The lowest BCUT2D eigenvalue weighted by Gasteiger charge is -2.05. The largest absolute Gasteiger partial charge is 0.398 e. The predicted octanol–water partition coefficient (Wildman–Crippen LogP) is 1.40. The number of hydrogen-bond donors (Lipinski definition) is 2. The fraction of sp³-hybridized carbons (Fsp3) is 0.250. The maximum Gasteiger partial charge on any atom is 0.254 e. The van der Waals surface area contributed by atoms with E-state index in [0.717, 1.165) is 17.1 Å². The first-order valence-electron chi connectivity index (χ1n) is 5.55. The number of amides is 1. The maximum absolute atomic E-state index is 11.8. The number of nitrogens with zero attached hydrogens (tertiary/aromatic N) is 2. The molecule has 0 saturated carbocycles. The second-order valence-electron chi connectivity index (χ2n) is 3.83. The van der Waals surface area contributed by atoms with Crippen molar-refractivity contribution < 1.29 is 4.79 Å². The Labute approximate surface area is 109 Å². The fourth-order valence-electron chi connectivity index (χ4n) is 1.52. The second-order valence-corrected chi connectivity index (χ2v) is 4.89. The molecule has 0 aromatic carbocycles. The van der Waals surface area contributed by atoms with Crippen molar-refractivity contribution in [2.45, 2.75) is 13.3 Å². The van der Waals surface area contributed by atoms with Gasteiger partial charge >= 0.3 is 0 Å². The minimum absolute atomic E-state index is 0.201. The Kier molecular flexibility index (Phi) is 3.88. The molecule has 0 radical (unpaired) electrons. The number of aryl methyl sites for hydroxylation is 1. The highest BCUT2D eigenvalue weighted by Crippen LogP contribution is 2.09. The molecule has 0 aliphatic heterocycles. The zero-order valence-corrected chi connectivity index (χ0v) is 10.8. The van der Waals surface area contributed by atoms with E-state index in [9.17, 15) is 4.79 Å². The molecule has 2 aromatic heterocycles. The highest BCUT2D eigenvalue weighted by Gasteiger charge is 2.08. The summed E-state index contributed by atoms with van der Waals surface area (Å²) in [6.07, 6.45) is 3.75. The average Bonchev–Trinajstić information content (AvgIpc) is 2.75. The highest BCUT2D eigenvalue weighted by atomic mass is 32.1. The molecule has 94 valence electrons. The van der Waals surface area contributed by atoms with Crippen molar-refractivity contribution in [3.8, 4) is 0 Å². The lowest BCUT2D eigenvalue weighted by atomic mass is 10.2. The molecule has 0 bridgehead atoms. The van der Waals surface area contributed by atoms with Gasteiger partial charge in [0.25, 0.3) is 5.91 Å². The Morgan fingerprint density at radius 3 is 3.06 bits per heavy atom. The first-order valence-corrected chi connectivity index (χ1v) is 6.43. The summed E-state index contributed by atoms with van der Waals surface area (Å²) in [6, 6.07) is 1.61. The summed E-state index contributed by atoms with van der Waals surface area (Å²) < 4.78 is 0. The van der Waals surface area contributed by atoms with Crippen LogP contribution in [-0.2, 0) is 6.42 Å². The molecular formula is C12H14N4OS. The lowest BCUT2D eigenvalue weighted by molar-refractivity contribution is 0.0954. The van der Waals surface area contributed by atoms with E-state index in [1.54, 1.807) is 23.6 Å². The zero-order valence-electron chi connectivity index (χ0n) is 10.0. The predicted molar refractivity (Wildman–Crippen MR) is 71.5 cm³/mol. The van der Waals surface area contributed by atoms with Crippen LogP contribution in [0.1, 0.15) is 21.1 Å². The average molecular weight is 262 g/mol. The van der Waals surface area contributed by atoms with E-state index < -0.39 is 0 Å². The highest BCUT2D eigenvalue weighted by molar-refractivity contribution is 7.09. The van der Waals surface area contributed by atoms with Crippen LogP contribution >= 0.6 is 11.3 Å². The van der Waals surface area contributed by atoms with E-state index in [4.69, 9.17) is 5.73 Å². The van der Waals surface area contributed by atoms with Crippen molar-refractivity contribution in [3.63, 3.8) is 0 Å². The summed E-state index contributed by atoms with van der Waals surface area (Å²) in [4.78, 5) is 20.0. The van der Waals surface area contributed by atoms with Crippen LogP contribution in [0.15, 0.2) is 23.8 Å². The van der Waals surface area contributed by atoms with Crippen LogP contribution in [0, 0.1) is 6.92 Å². The summed E-state index contributed by atoms with van der Waals surface area (Å²) in [5.41, 5.74) is 7.54. The van der Waals surface area contributed by atoms with Gasteiger partial charge in [0, 0.05) is 36.4 Å². The molecule has 0 spiro atoms. The molecule has 0 atom stereocenters. The zero-order chi connectivity index (χ0) is 13.0. The van der Waals surface area contributed by atoms with Crippen LogP contribution in [0.2, 0.25) is 0 Å². The third-order valence-electron chi connectivity index (χ3n) is 2.43. The SMILES string of the molecule is Cc1nc(CCNC(=O)c2cnccc2N)cs1. The van der Waals surface area contributed by atoms with E-state index in [-0.39, 0.29) is 5.91 Å². The van der Waals surface area contributed by atoms with Crippen LogP contribution in [-0.4, -0.2) is 22.4 Å². The van der Waals surface area contributed by atoms with Gasteiger partial charge in [-0.1, -0.05) is 0 Å². The normalized spacial score (nSPS) is 10.3. The van der Waals surface area contributed by atoms with Crippen molar-refractivity contribution >= 4 is 22.9 Å². The molecule has 6 heteroatoms. The minimum Gasteiger partial charge on any atom is -0.398 e.